The minimum absolute atomic E-state index is 0.0844. The molecular weight excluding hydrogens is 178 g/mol. The van der Waals surface area contributed by atoms with Gasteiger partial charge in [0.2, 0.25) is 5.88 Å². The van der Waals surface area contributed by atoms with Crippen LogP contribution in [0.4, 0.5) is 0 Å². The van der Waals surface area contributed by atoms with Crippen molar-refractivity contribution in [2.24, 2.45) is 0 Å². The summed E-state index contributed by atoms with van der Waals surface area (Å²) in [5, 5.41) is 0.657. The molecule has 1 atom stereocenters. The third-order valence-electron chi connectivity index (χ3n) is 1.75. The van der Waals surface area contributed by atoms with Crippen molar-refractivity contribution in [2.45, 2.75) is 6.10 Å². The van der Waals surface area contributed by atoms with Crippen molar-refractivity contribution in [3.8, 4) is 5.88 Å². The van der Waals surface area contributed by atoms with E-state index in [1.165, 1.54) is 0 Å². The van der Waals surface area contributed by atoms with E-state index in [9.17, 15) is 0 Å². The Balaban J connectivity index is 2.45. The van der Waals surface area contributed by atoms with Gasteiger partial charge in [0.05, 0.1) is 24.3 Å². The molecule has 1 saturated heterocycles. The van der Waals surface area contributed by atoms with Gasteiger partial charge in [-0.1, -0.05) is 11.6 Å². The zero-order valence-corrected chi connectivity index (χ0v) is 7.34. The Morgan fingerprint density at radius 3 is 3.08 bits per heavy atom. The molecule has 0 aliphatic carbocycles. The molecule has 0 radical (unpaired) electrons. The van der Waals surface area contributed by atoms with Crippen molar-refractivity contribution in [2.75, 3.05) is 13.7 Å². The number of pyridine rings is 1. The SMILES string of the molecule is COc1nccc(Cl)c1[C@@H]1CO1. The van der Waals surface area contributed by atoms with Gasteiger partial charge in [-0.05, 0) is 6.07 Å². The molecule has 2 heterocycles. The largest absolute Gasteiger partial charge is 0.481 e. The van der Waals surface area contributed by atoms with Crippen LogP contribution in [0.3, 0.4) is 0 Å². The van der Waals surface area contributed by atoms with Crippen LogP contribution in [0.15, 0.2) is 12.3 Å². The number of epoxide rings is 1. The molecule has 2 rings (SSSR count). The van der Waals surface area contributed by atoms with Crippen LogP contribution < -0.4 is 4.74 Å². The number of hydrogen-bond donors (Lipinski definition) is 0. The van der Waals surface area contributed by atoms with Crippen LogP contribution in [0.1, 0.15) is 11.7 Å². The summed E-state index contributed by atoms with van der Waals surface area (Å²) in [6.45, 7) is 0.710. The lowest BCUT2D eigenvalue weighted by Crippen LogP contribution is -1.94. The van der Waals surface area contributed by atoms with Gasteiger partial charge in [0.25, 0.3) is 0 Å². The second-order valence-electron chi connectivity index (χ2n) is 2.54. The Kier molecular flexibility index (Phi) is 1.90. The first kappa shape index (κ1) is 7.83. The summed E-state index contributed by atoms with van der Waals surface area (Å²) in [5.74, 6) is 0.560. The third kappa shape index (κ3) is 1.26. The first-order valence-corrected chi connectivity index (χ1v) is 4.00. The molecular formula is C8H8ClNO2. The van der Waals surface area contributed by atoms with E-state index in [1.807, 2.05) is 0 Å². The second-order valence-corrected chi connectivity index (χ2v) is 2.94. The highest BCUT2D eigenvalue weighted by Crippen LogP contribution is 2.39. The van der Waals surface area contributed by atoms with Crippen molar-refractivity contribution in [3.63, 3.8) is 0 Å². The lowest BCUT2D eigenvalue weighted by atomic mass is 10.2. The molecule has 0 amide bonds. The van der Waals surface area contributed by atoms with Gasteiger partial charge >= 0.3 is 0 Å². The van der Waals surface area contributed by atoms with Crippen LogP contribution in [0.25, 0.3) is 0 Å². The molecule has 0 unspecified atom stereocenters. The number of hydrogen-bond acceptors (Lipinski definition) is 3. The topological polar surface area (TPSA) is 34.6 Å². The van der Waals surface area contributed by atoms with Gasteiger partial charge in [0.15, 0.2) is 0 Å². The standard InChI is InChI=1S/C8H8ClNO2/c1-11-8-7(6-4-12-6)5(9)2-3-10-8/h2-3,6H,4H2,1H3/t6-/m0/s1. The second kappa shape index (κ2) is 2.92. The van der Waals surface area contributed by atoms with Gasteiger partial charge in [-0.25, -0.2) is 4.98 Å². The summed E-state index contributed by atoms with van der Waals surface area (Å²) in [6, 6.07) is 1.74. The summed E-state index contributed by atoms with van der Waals surface area (Å²) < 4.78 is 10.2. The summed E-state index contributed by atoms with van der Waals surface area (Å²) in [4.78, 5) is 4.03. The first-order valence-electron chi connectivity index (χ1n) is 3.63. The third-order valence-corrected chi connectivity index (χ3v) is 2.08. The molecule has 12 heavy (non-hydrogen) atoms. The maximum absolute atomic E-state index is 5.94. The highest BCUT2D eigenvalue weighted by Gasteiger charge is 2.31. The highest BCUT2D eigenvalue weighted by molar-refractivity contribution is 6.31. The Labute approximate surface area is 75.3 Å². The number of aromatic nitrogens is 1. The molecule has 64 valence electrons. The number of nitrogens with zero attached hydrogens (tertiary/aromatic N) is 1. The summed E-state index contributed by atoms with van der Waals surface area (Å²) in [7, 11) is 1.57. The van der Waals surface area contributed by atoms with Gasteiger partial charge < -0.3 is 9.47 Å². The van der Waals surface area contributed by atoms with E-state index >= 15 is 0 Å². The van der Waals surface area contributed by atoms with Crippen LogP contribution in [0.5, 0.6) is 5.88 Å². The van der Waals surface area contributed by atoms with Gasteiger partial charge in [-0.2, -0.15) is 0 Å². The number of methoxy groups -OCH3 is 1. The maximum atomic E-state index is 5.94. The lowest BCUT2D eigenvalue weighted by molar-refractivity contribution is 0.372. The van der Waals surface area contributed by atoms with Crippen molar-refractivity contribution in [1.29, 1.82) is 0 Å². The Hall–Kier alpha value is -0.800. The van der Waals surface area contributed by atoms with Crippen LogP contribution in [-0.4, -0.2) is 18.7 Å². The van der Waals surface area contributed by atoms with Gasteiger partial charge in [0, 0.05) is 6.20 Å². The molecule has 1 aliphatic rings. The normalized spacial score (nSPS) is 20.7. The smallest absolute Gasteiger partial charge is 0.220 e. The van der Waals surface area contributed by atoms with Gasteiger partial charge in [0.1, 0.15) is 6.10 Å². The van der Waals surface area contributed by atoms with E-state index in [0.29, 0.717) is 17.5 Å². The highest BCUT2D eigenvalue weighted by atomic mass is 35.5. The molecule has 0 N–H and O–H groups in total. The van der Waals surface area contributed by atoms with E-state index in [4.69, 9.17) is 21.1 Å². The van der Waals surface area contributed by atoms with E-state index in [2.05, 4.69) is 4.98 Å². The van der Waals surface area contributed by atoms with Gasteiger partial charge in [-0.15, -0.1) is 0 Å². The fourth-order valence-corrected chi connectivity index (χ4v) is 1.36. The molecule has 3 nitrogen and oxygen atoms in total. The van der Waals surface area contributed by atoms with E-state index in [1.54, 1.807) is 19.4 Å². The van der Waals surface area contributed by atoms with Crippen molar-refractivity contribution >= 4 is 11.6 Å². The predicted octanol–water partition coefficient (Wildman–Crippen LogP) is 1.81. The minimum Gasteiger partial charge on any atom is -0.481 e. The number of halogens is 1. The van der Waals surface area contributed by atoms with Crippen LogP contribution >= 0.6 is 11.6 Å². The van der Waals surface area contributed by atoms with E-state index in [-0.39, 0.29) is 6.10 Å². The Bertz CT molecular complexity index is 299. The van der Waals surface area contributed by atoms with Crippen LogP contribution in [0, 0.1) is 0 Å². The Morgan fingerprint density at radius 2 is 2.50 bits per heavy atom. The lowest BCUT2D eigenvalue weighted by Gasteiger charge is -2.05. The van der Waals surface area contributed by atoms with Crippen LogP contribution in [0.2, 0.25) is 5.02 Å². The van der Waals surface area contributed by atoms with E-state index in [0.717, 1.165) is 5.56 Å². The van der Waals surface area contributed by atoms with Crippen molar-refractivity contribution < 1.29 is 9.47 Å². The minimum atomic E-state index is 0.0844. The fourth-order valence-electron chi connectivity index (χ4n) is 1.10. The number of ether oxygens (including phenoxy) is 2. The van der Waals surface area contributed by atoms with Crippen LogP contribution in [-0.2, 0) is 4.74 Å². The molecule has 0 saturated carbocycles. The summed E-state index contributed by atoms with van der Waals surface area (Å²) in [5.41, 5.74) is 0.863. The molecule has 1 fully saturated rings. The molecule has 1 aromatic rings. The monoisotopic (exact) mass is 185 g/mol. The van der Waals surface area contributed by atoms with Crippen molar-refractivity contribution in [1.82, 2.24) is 4.98 Å². The summed E-state index contributed by atoms with van der Waals surface area (Å²) in [6.07, 6.45) is 1.70. The summed E-state index contributed by atoms with van der Waals surface area (Å²) >= 11 is 5.94. The maximum Gasteiger partial charge on any atom is 0.220 e. The zero-order valence-electron chi connectivity index (χ0n) is 6.58. The van der Waals surface area contributed by atoms with E-state index < -0.39 is 0 Å². The molecule has 1 aromatic heterocycles. The van der Waals surface area contributed by atoms with Crippen molar-refractivity contribution in [3.05, 3.63) is 22.8 Å². The zero-order chi connectivity index (χ0) is 8.55. The average Bonchev–Trinajstić information content (AvgIpc) is 2.87. The molecule has 0 spiro atoms. The first-order chi connectivity index (χ1) is 5.83. The fraction of sp³-hybridized carbons (Fsp3) is 0.375. The molecule has 4 heteroatoms. The Morgan fingerprint density at radius 1 is 1.75 bits per heavy atom. The quantitative estimate of drug-likeness (QED) is 0.660. The molecule has 0 aromatic carbocycles. The van der Waals surface area contributed by atoms with Gasteiger partial charge in [-0.3, -0.25) is 0 Å². The number of rotatable bonds is 2. The molecule has 0 bridgehead atoms. The average molecular weight is 186 g/mol. The molecule has 1 aliphatic heterocycles. The predicted molar refractivity (Wildman–Crippen MR) is 44.5 cm³/mol.